The van der Waals surface area contributed by atoms with Crippen molar-refractivity contribution < 1.29 is 0 Å². The largest absolute Gasteiger partial charge is 0.359 e. The van der Waals surface area contributed by atoms with Crippen LogP contribution in [-0.2, 0) is 12.8 Å². The number of pyridine rings is 1. The number of aromatic nitrogens is 1. The van der Waals surface area contributed by atoms with Crippen LogP contribution in [0.1, 0.15) is 43.5 Å². The van der Waals surface area contributed by atoms with Crippen molar-refractivity contribution in [3.05, 3.63) is 22.9 Å². The molecule has 0 fully saturated rings. The Morgan fingerprint density at radius 3 is 2.89 bits per heavy atom. The zero-order valence-electron chi connectivity index (χ0n) is 11.5. The molecule has 0 saturated carbocycles. The highest BCUT2D eigenvalue weighted by molar-refractivity contribution is 5.56. The van der Waals surface area contributed by atoms with E-state index < -0.39 is 0 Å². The number of hydrogen-bond acceptors (Lipinski definition) is 3. The van der Waals surface area contributed by atoms with Gasteiger partial charge in [0, 0.05) is 19.3 Å². The van der Waals surface area contributed by atoms with Crippen molar-refractivity contribution in [3.63, 3.8) is 0 Å². The van der Waals surface area contributed by atoms with Crippen LogP contribution in [-0.4, -0.2) is 18.6 Å². The second-order valence-electron chi connectivity index (χ2n) is 5.53. The lowest BCUT2D eigenvalue weighted by Crippen LogP contribution is -2.22. The topological polar surface area (TPSA) is 39.9 Å². The third kappa shape index (κ3) is 2.64. The number of nitrogens with zero attached hydrogens (tertiary/aromatic N) is 3. The Labute approximate surface area is 109 Å². The van der Waals surface area contributed by atoms with E-state index in [2.05, 4.69) is 24.8 Å². The maximum atomic E-state index is 9.26. The number of rotatable bonds is 4. The highest BCUT2D eigenvalue weighted by Crippen LogP contribution is 2.26. The van der Waals surface area contributed by atoms with E-state index in [9.17, 15) is 5.26 Å². The first-order valence-corrected chi connectivity index (χ1v) is 6.76. The van der Waals surface area contributed by atoms with Gasteiger partial charge in [0.2, 0.25) is 0 Å². The summed E-state index contributed by atoms with van der Waals surface area (Å²) < 4.78 is 0. The maximum Gasteiger partial charge on any atom is 0.146 e. The monoisotopic (exact) mass is 243 g/mol. The van der Waals surface area contributed by atoms with Crippen molar-refractivity contribution in [2.75, 3.05) is 18.5 Å². The fourth-order valence-corrected chi connectivity index (χ4v) is 2.39. The summed E-state index contributed by atoms with van der Waals surface area (Å²) in [4.78, 5) is 6.83. The summed E-state index contributed by atoms with van der Waals surface area (Å²) in [7, 11) is 2.03. The van der Waals surface area contributed by atoms with Gasteiger partial charge in [0.05, 0.1) is 5.56 Å². The van der Waals surface area contributed by atoms with Gasteiger partial charge in [-0.15, -0.1) is 0 Å². The van der Waals surface area contributed by atoms with Crippen LogP contribution in [0.15, 0.2) is 6.07 Å². The first-order valence-electron chi connectivity index (χ1n) is 6.76. The van der Waals surface area contributed by atoms with Gasteiger partial charge in [-0.05, 0) is 43.2 Å². The number of hydrogen-bond donors (Lipinski definition) is 0. The smallest absolute Gasteiger partial charge is 0.146 e. The van der Waals surface area contributed by atoms with Crippen LogP contribution in [0.25, 0.3) is 0 Å². The Morgan fingerprint density at radius 1 is 1.44 bits per heavy atom. The Morgan fingerprint density at radius 2 is 2.22 bits per heavy atom. The van der Waals surface area contributed by atoms with Crippen LogP contribution in [0.4, 0.5) is 5.82 Å². The highest BCUT2D eigenvalue weighted by atomic mass is 15.2. The molecule has 0 spiro atoms. The Hall–Kier alpha value is -1.56. The van der Waals surface area contributed by atoms with E-state index in [4.69, 9.17) is 4.98 Å². The van der Waals surface area contributed by atoms with Crippen molar-refractivity contribution in [1.29, 1.82) is 5.26 Å². The molecule has 96 valence electrons. The van der Waals surface area contributed by atoms with Gasteiger partial charge in [-0.2, -0.15) is 5.26 Å². The molecule has 0 aliphatic heterocycles. The molecule has 1 aromatic heterocycles. The maximum absolute atomic E-state index is 9.26. The number of anilines is 1. The van der Waals surface area contributed by atoms with Crippen molar-refractivity contribution in [3.8, 4) is 6.07 Å². The molecular formula is C15H21N3. The van der Waals surface area contributed by atoms with E-state index in [1.807, 2.05) is 13.1 Å². The molecule has 3 nitrogen and oxygen atoms in total. The standard InChI is InChI=1S/C15H21N3/c1-11(2)7-8-18(3)15-13(10-16)9-12-5-4-6-14(12)17-15/h9,11H,4-8H2,1-3H3. The first-order chi connectivity index (χ1) is 8.61. The minimum atomic E-state index is 0.674. The fraction of sp³-hybridized carbons (Fsp3) is 0.600. The van der Waals surface area contributed by atoms with Crippen LogP contribution in [0, 0.1) is 17.2 Å². The highest BCUT2D eigenvalue weighted by Gasteiger charge is 2.18. The van der Waals surface area contributed by atoms with Gasteiger partial charge in [-0.25, -0.2) is 4.98 Å². The molecule has 0 atom stereocenters. The van der Waals surface area contributed by atoms with E-state index in [1.54, 1.807) is 0 Å². The lowest BCUT2D eigenvalue weighted by molar-refractivity contribution is 0.583. The summed E-state index contributed by atoms with van der Waals surface area (Å²) >= 11 is 0. The molecular weight excluding hydrogens is 222 g/mol. The van der Waals surface area contributed by atoms with Crippen molar-refractivity contribution in [1.82, 2.24) is 4.98 Å². The Balaban J connectivity index is 2.24. The molecule has 0 saturated heterocycles. The second-order valence-corrected chi connectivity index (χ2v) is 5.53. The molecule has 1 aliphatic rings. The lowest BCUT2D eigenvalue weighted by atomic mass is 10.1. The predicted molar refractivity (Wildman–Crippen MR) is 73.7 cm³/mol. The van der Waals surface area contributed by atoms with Gasteiger partial charge >= 0.3 is 0 Å². The first kappa shape index (κ1) is 12.9. The average molecular weight is 243 g/mol. The minimum Gasteiger partial charge on any atom is -0.359 e. The van der Waals surface area contributed by atoms with Crippen LogP contribution < -0.4 is 4.90 Å². The van der Waals surface area contributed by atoms with Gasteiger partial charge in [-0.1, -0.05) is 13.8 Å². The zero-order valence-corrected chi connectivity index (χ0v) is 11.5. The molecule has 2 rings (SSSR count). The van der Waals surface area contributed by atoms with E-state index >= 15 is 0 Å². The Kier molecular flexibility index (Phi) is 3.86. The van der Waals surface area contributed by atoms with E-state index in [0.717, 1.165) is 37.2 Å². The second kappa shape index (κ2) is 5.39. The summed E-state index contributed by atoms with van der Waals surface area (Å²) in [6.07, 6.45) is 4.44. The zero-order chi connectivity index (χ0) is 13.1. The normalized spacial score (nSPS) is 13.5. The molecule has 3 heteroatoms. The van der Waals surface area contributed by atoms with E-state index in [1.165, 1.54) is 17.7 Å². The fourth-order valence-electron chi connectivity index (χ4n) is 2.39. The molecule has 0 bridgehead atoms. The van der Waals surface area contributed by atoms with Crippen molar-refractivity contribution in [2.45, 2.75) is 39.5 Å². The quantitative estimate of drug-likeness (QED) is 0.816. The molecule has 0 radical (unpaired) electrons. The molecule has 18 heavy (non-hydrogen) atoms. The molecule has 0 unspecified atom stereocenters. The van der Waals surface area contributed by atoms with Crippen LogP contribution in [0.2, 0.25) is 0 Å². The third-order valence-corrected chi connectivity index (χ3v) is 3.55. The molecule has 1 aliphatic carbocycles. The number of fused-ring (bicyclic) bond motifs is 1. The minimum absolute atomic E-state index is 0.674. The van der Waals surface area contributed by atoms with Gasteiger partial charge in [0.15, 0.2) is 0 Å². The van der Waals surface area contributed by atoms with Gasteiger partial charge in [0.25, 0.3) is 0 Å². The average Bonchev–Trinajstić information content (AvgIpc) is 2.81. The third-order valence-electron chi connectivity index (χ3n) is 3.55. The summed E-state index contributed by atoms with van der Waals surface area (Å²) in [6, 6.07) is 4.33. The van der Waals surface area contributed by atoms with E-state index in [-0.39, 0.29) is 0 Å². The molecule has 0 amide bonds. The van der Waals surface area contributed by atoms with Crippen molar-refractivity contribution >= 4 is 5.82 Å². The van der Waals surface area contributed by atoms with Crippen LogP contribution in [0.5, 0.6) is 0 Å². The number of nitriles is 1. The van der Waals surface area contributed by atoms with Gasteiger partial charge in [-0.3, -0.25) is 0 Å². The van der Waals surface area contributed by atoms with Crippen LogP contribution >= 0.6 is 0 Å². The molecule has 0 aromatic carbocycles. The van der Waals surface area contributed by atoms with E-state index in [0.29, 0.717) is 5.92 Å². The van der Waals surface area contributed by atoms with Gasteiger partial charge < -0.3 is 4.90 Å². The Bertz CT molecular complexity index is 471. The summed E-state index contributed by atoms with van der Waals surface area (Å²) in [6.45, 7) is 5.39. The predicted octanol–water partition coefficient (Wildman–Crippen LogP) is 2.92. The summed E-state index contributed by atoms with van der Waals surface area (Å²) in [5.41, 5.74) is 3.19. The van der Waals surface area contributed by atoms with Gasteiger partial charge in [0.1, 0.15) is 11.9 Å². The molecule has 0 N–H and O–H groups in total. The summed E-state index contributed by atoms with van der Waals surface area (Å²) in [5, 5.41) is 9.26. The SMILES string of the molecule is CC(C)CCN(C)c1nc2c(cc1C#N)CCC2. The molecule has 1 aromatic rings. The van der Waals surface area contributed by atoms with Crippen molar-refractivity contribution in [2.24, 2.45) is 5.92 Å². The summed E-state index contributed by atoms with van der Waals surface area (Å²) in [5.74, 6) is 1.53. The lowest BCUT2D eigenvalue weighted by Gasteiger charge is -2.21. The number of aryl methyl sites for hydroxylation is 2. The van der Waals surface area contributed by atoms with Crippen LogP contribution in [0.3, 0.4) is 0 Å². The molecule has 1 heterocycles.